The third-order valence-corrected chi connectivity index (χ3v) is 5.59. The van der Waals surface area contributed by atoms with E-state index >= 15 is 0 Å². The van der Waals surface area contributed by atoms with Crippen molar-refractivity contribution in [3.05, 3.63) is 0 Å². The van der Waals surface area contributed by atoms with Crippen LogP contribution in [0, 0.1) is 10.8 Å². The molecule has 6 nitrogen and oxygen atoms in total. The van der Waals surface area contributed by atoms with Crippen molar-refractivity contribution in [1.29, 1.82) is 0 Å². The van der Waals surface area contributed by atoms with E-state index in [0.717, 1.165) is 13.1 Å². The van der Waals surface area contributed by atoms with Gasteiger partial charge < -0.3 is 15.3 Å². The van der Waals surface area contributed by atoms with E-state index in [1.807, 2.05) is 4.90 Å². The lowest BCUT2D eigenvalue weighted by Gasteiger charge is -2.34. The Morgan fingerprint density at radius 3 is 2.05 bits per heavy atom. The summed E-state index contributed by atoms with van der Waals surface area (Å²) in [5.74, 6) is -0.770. The number of nitrogens with one attached hydrogen (secondary N) is 1. The highest BCUT2D eigenvalue weighted by Crippen LogP contribution is 2.62. The molecule has 2 fully saturated rings. The summed E-state index contributed by atoms with van der Waals surface area (Å²) < 4.78 is 0. The average molecular weight is 297 g/mol. The number of rotatable bonds is 4. The number of piperazine rings is 1. The fraction of sp³-hybridized carbons (Fsp3) is 0.867. The summed E-state index contributed by atoms with van der Waals surface area (Å²) >= 11 is 0. The maximum absolute atomic E-state index is 12.3. The molecular weight excluding hydrogens is 270 g/mol. The van der Waals surface area contributed by atoms with Gasteiger partial charge in [-0.25, -0.2) is 4.79 Å². The van der Waals surface area contributed by atoms with Gasteiger partial charge in [0.25, 0.3) is 0 Å². The van der Waals surface area contributed by atoms with Gasteiger partial charge in [-0.15, -0.1) is 0 Å². The molecule has 2 amide bonds. The Hall–Kier alpha value is -1.30. The fourth-order valence-electron chi connectivity index (χ4n) is 3.20. The van der Waals surface area contributed by atoms with Gasteiger partial charge in [0.05, 0.1) is 6.42 Å². The largest absolute Gasteiger partial charge is 0.481 e. The molecular formula is C15H27N3O3. The van der Waals surface area contributed by atoms with Crippen molar-refractivity contribution >= 4 is 12.0 Å². The minimum Gasteiger partial charge on any atom is -0.481 e. The Morgan fingerprint density at radius 2 is 1.62 bits per heavy atom. The van der Waals surface area contributed by atoms with Gasteiger partial charge >= 0.3 is 12.0 Å². The number of carboxylic acids is 1. The topological polar surface area (TPSA) is 72.9 Å². The van der Waals surface area contributed by atoms with Gasteiger partial charge in [0.1, 0.15) is 0 Å². The number of hydrogen-bond acceptors (Lipinski definition) is 3. The van der Waals surface area contributed by atoms with Crippen molar-refractivity contribution in [3.63, 3.8) is 0 Å². The Kier molecular flexibility index (Phi) is 4.19. The van der Waals surface area contributed by atoms with Crippen molar-refractivity contribution in [3.8, 4) is 0 Å². The zero-order chi connectivity index (χ0) is 15.8. The zero-order valence-corrected chi connectivity index (χ0v) is 13.5. The van der Waals surface area contributed by atoms with Crippen LogP contribution in [0.15, 0.2) is 0 Å². The molecule has 0 radical (unpaired) electrons. The van der Waals surface area contributed by atoms with Gasteiger partial charge in [-0.1, -0.05) is 27.7 Å². The monoisotopic (exact) mass is 297 g/mol. The number of carboxylic acid groups (broad SMARTS) is 1. The highest BCUT2D eigenvalue weighted by atomic mass is 16.4. The minimum absolute atomic E-state index is 0.0107. The first-order chi connectivity index (χ1) is 9.66. The van der Waals surface area contributed by atoms with E-state index in [0.29, 0.717) is 19.6 Å². The van der Waals surface area contributed by atoms with Gasteiger partial charge in [-0.05, 0) is 10.8 Å². The molecule has 0 aromatic carbocycles. The average Bonchev–Trinajstić information content (AvgIpc) is 2.79. The number of urea groups is 1. The SMILES string of the molecule is CC1(C)C(NC(=O)N2CCN(CCC(=O)O)CC2)C1(C)C. The standard InChI is InChI=1S/C15H27N3O3/c1-14(2)12(15(14,3)4)16-13(21)18-9-7-17(8-10-18)6-5-11(19)20/h12H,5-10H2,1-4H3,(H,16,21)(H,19,20). The second kappa shape index (κ2) is 5.48. The molecule has 2 N–H and O–H groups in total. The smallest absolute Gasteiger partial charge is 0.317 e. The van der Waals surface area contributed by atoms with Gasteiger partial charge in [0.2, 0.25) is 0 Å². The maximum Gasteiger partial charge on any atom is 0.317 e. The second-order valence-electron chi connectivity index (χ2n) is 7.30. The summed E-state index contributed by atoms with van der Waals surface area (Å²) in [6.07, 6.45) is 0.163. The molecule has 0 bridgehead atoms. The third-order valence-electron chi connectivity index (χ3n) is 5.59. The normalized spacial score (nSPS) is 24.7. The van der Waals surface area contributed by atoms with Gasteiger partial charge in [-0.2, -0.15) is 0 Å². The summed E-state index contributed by atoms with van der Waals surface area (Å²) in [4.78, 5) is 26.8. The maximum atomic E-state index is 12.3. The van der Waals surface area contributed by atoms with E-state index in [9.17, 15) is 9.59 Å². The van der Waals surface area contributed by atoms with Crippen LogP contribution in [0.4, 0.5) is 4.79 Å². The summed E-state index contributed by atoms with van der Waals surface area (Å²) in [5.41, 5.74) is 0.290. The van der Waals surface area contributed by atoms with Crippen LogP contribution in [0.5, 0.6) is 0 Å². The molecule has 1 aliphatic heterocycles. The molecule has 1 saturated heterocycles. The molecule has 1 saturated carbocycles. The number of nitrogens with zero attached hydrogens (tertiary/aromatic N) is 2. The fourth-order valence-corrected chi connectivity index (χ4v) is 3.20. The first-order valence-electron chi connectivity index (χ1n) is 7.66. The molecule has 6 heteroatoms. The van der Waals surface area contributed by atoms with Crippen molar-refractivity contribution in [2.75, 3.05) is 32.7 Å². The molecule has 0 aromatic rings. The van der Waals surface area contributed by atoms with Crippen molar-refractivity contribution < 1.29 is 14.7 Å². The second-order valence-corrected chi connectivity index (χ2v) is 7.30. The number of carbonyl (C=O) groups is 2. The Labute approximate surface area is 126 Å². The van der Waals surface area contributed by atoms with Gasteiger partial charge in [0, 0.05) is 38.8 Å². The number of amides is 2. The lowest BCUT2D eigenvalue weighted by molar-refractivity contribution is -0.137. The molecule has 2 aliphatic rings. The lowest BCUT2D eigenvalue weighted by atomic mass is 10.0. The quantitative estimate of drug-likeness (QED) is 0.818. The van der Waals surface area contributed by atoms with Crippen LogP contribution in [-0.4, -0.2) is 65.7 Å². The number of aliphatic carboxylic acids is 1. The van der Waals surface area contributed by atoms with Gasteiger partial charge in [-0.3, -0.25) is 9.69 Å². The first-order valence-corrected chi connectivity index (χ1v) is 7.66. The van der Waals surface area contributed by atoms with E-state index in [1.165, 1.54) is 0 Å². The highest BCUT2D eigenvalue weighted by molar-refractivity contribution is 5.75. The van der Waals surface area contributed by atoms with Crippen LogP contribution < -0.4 is 5.32 Å². The van der Waals surface area contributed by atoms with Crippen molar-refractivity contribution in [2.45, 2.75) is 40.2 Å². The van der Waals surface area contributed by atoms with Crippen LogP contribution >= 0.6 is 0 Å². The summed E-state index contributed by atoms with van der Waals surface area (Å²) in [5, 5.41) is 11.8. The van der Waals surface area contributed by atoms with E-state index in [4.69, 9.17) is 5.11 Å². The summed E-state index contributed by atoms with van der Waals surface area (Å²) in [6, 6.07) is 0.235. The Morgan fingerprint density at radius 1 is 1.10 bits per heavy atom. The molecule has 0 aromatic heterocycles. The summed E-state index contributed by atoms with van der Waals surface area (Å²) in [7, 11) is 0. The molecule has 0 spiro atoms. The van der Waals surface area contributed by atoms with Crippen LogP contribution in [0.3, 0.4) is 0 Å². The van der Waals surface area contributed by atoms with Crippen LogP contribution in [0.2, 0.25) is 0 Å². The predicted molar refractivity (Wildman–Crippen MR) is 80.1 cm³/mol. The van der Waals surface area contributed by atoms with E-state index < -0.39 is 5.97 Å². The Bertz CT molecular complexity index is 412. The van der Waals surface area contributed by atoms with Crippen molar-refractivity contribution in [1.82, 2.24) is 15.1 Å². The molecule has 0 unspecified atom stereocenters. The third kappa shape index (κ3) is 3.15. The van der Waals surface area contributed by atoms with E-state index in [2.05, 4.69) is 37.9 Å². The van der Waals surface area contributed by atoms with Crippen LogP contribution in [0.25, 0.3) is 0 Å². The number of hydrogen-bond donors (Lipinski definition) is 2. The van der Waals surface area contributed by atoms with Gasteiger partial charge in [0.15, 0.2) is 0 Å². The number of carbonyl (C=O) groups excluding carboxylic acids is 1. The highest BCUT2D eigenvalue weighted by Gasteiger charge is 2.65. The van der Waals surface area contributed by atoms with Crippen LogP contribution in [0.1, 0.15) is 34.1 Å². The molecule has 21 heavy (non-hydrogen) atoms. The Balaban J connectivity index is 1.75. The molecule has 1 heterocycles. The molecule has 1 aliphatic carbocycles. The summed E-state index contributed by atoms with van der Waals surface area (Å²) in [6.45, 7) is 12.1. The predicted octanol–water partition coefficient (Wildman–Crippen LogP) is 1.22. The minimum atomic E-state index is -0.770. The zero-order valence-electron chi connectivity index (χ0n) is 13.5. The van der Waals surface area contributed by atoms with Crippen molar-refractivity contribution in [2.24, 2.45) is 10.8 Å². The molecule has 0 atom stereocenters. The van der Waals surface area contributed by atoms with Crippen LogP contribution in [-0.2, 0) is 4.79 Å². The van der Waals surface area contributed by atoms with E-state index in [1.54, 1.807) is 0 Å². The lowest BCUT2D eigenvalue weighted by Crippen LogP contribution is -2.52. The molecule has 2 rings (SSSR count). The first kappa shape index (κ1) is 16.1. The molecule has 120 valence electrons. The van der Waals surface area contributed by atoms with E-state index in [-0.39, 0.29) is 29.3 Å².